The van der Waals surface area contributed by atoms with Crippen LogP contribution in [0, 0.1) is 20.2 Å². The van der Waals surface area contributed by atoms with Gasteiger partial charge in [0, 0.05) is 25.1 Å². The molecule has 0 bridgehead atoms. The van der Waals surface area contributed by atoms with Crippen LogP contribution in [0.5, 0.6) is 0 Å². The minimum absolute atomic E-state index is 0.0461. The van der Waals surface area contributed by atoms with Crippen molar-refractivity contribution in [3.8, 4) is 5.69 Å². The normalized spacial score (nSPS) is 12.1. The summed E-state index contributed by atoms with van der Waals surface area (Å²) in [5.41, 5.74) is -3.36. The highest BCUT2D eigenvalue weighted by molar-refractivity contribution is 5.79. The van der Waals surface area contributed by atoms with Crippen LogP contribution in [0.2, 0.25) is 0 Å². The van der Waals surface area contributed by atoms with Crippen LogP contribution in [-0.2, 0) is 18.8 Å². The largest absolute Gasteiger partial charge is 0.416 e. The van der Waals surface area contributed by atoms with Gasteiger partial charge in [0.15, 0.2) is 0 Å². The van der Waals surface area contributed by atoms with E-state index in [1.165, 1.54) is 4.57 Å². The fourth-order valence-electron chi connectivity index (χ4n) is 4.03. The molecule has 0 aliphatic rings. The van der Waals surface area contributed by atoms with Crippen molar-refractivity contribution in [3.05, 3.63) is 97.8 Å². The fraction of sp³-hybridized carbons (Fsp3) is 0.208. The molecule has 3 aromatic carbocycles. The van der Waals surface area contributed by atoms with E-state index < -0.39 is 44.7 Å². The highest BCUT2D eigenvalue weighted by atomic mass is 19.4. The van der Waals surface area contributed by atoms with E-state index in [-0.39, 0.29) is 36.6 Å². The SMILES string of the molecule is O=[N+]([O-])c1cc(C(F)(F)F)ccc1NCCCc1nc2ccccc2n1-c1ccc(C(F)(F)F)cc1[N+](=O)[O-]. The second-order valence-corrected chi connectivity index (χ2v) is 8.33. The Bertz CT molecular complexity index is 1570. The lowest BCUT2D eigenvalue weighted by molar-refractivity contribution is -0.384. The number of imidazole rings is 1. The first kappa shape index (κ1) is 27.3. The highest BCUT2D eigenvalue weighted by Gasteiger charge is 2.34. The van der Waals surface area contributed by atoms with Crippen LogP contribution in [0.1, 0.15) is 23.4 Å². The number of anilines is 1. The zero-order chi connectivity index (χ0) is 28.5. The zero-order valence-corrected chi connectivity index (χ0v) is 19.6. The maximum Gasteiger partial charge on any atom is 0.416 e. The van der Waals surface area contributed by atoms with Crippen molar-refractivity contribution in [2.45, 2.75) is 25.2 Å². The molecule has 0 saturated heterocycles. The van der Waals surface area contributed by atoms with Gasteiger partial charge in [-0.1, -0.05) is 12.1 Å². The van der Waals surface area contributed by atoms with Crippen LogP contribution in [0.15, 0.2) is 60.7 Å². The quantitative estimate of drug-likeness (QED) is 0.110. The molecule has 204 valence electrons. The minimum atomic E-state index is -4.80. The second-order valence-electron chi connectivity index (χ2n) is 8.33. The van der Waals surface area contributed by atoms with Gasteiger partial charge in [-0.25, -0.2) is 4.98 Å². The highest BCUT2D eigenvalue weighted by Crippen LogP contribution is 2.37. The molecule has 15 heteroatoms. The predicted octanol–water partition coefficient (Wildman–Crippen LogP) is 6.92. The molecule has 4 aromatic rings. The van der Waals surface area contributed by atoms with Crippen LogP contribution in [-0.4, -0.2) is 25.9 Å². The van der Waals surface area contributed by atoms with Gasteiger partial charge in [-0.05, 0) is 42.8 Å². The number of rotatable bonds is 8. The standard InChI is InChI=1S/C24H17F6N5O4/c25-23(26,27)14-7-9-16(20(12-14)34(36)37)31-11-3-6-22-32-17-4-1-2-5-18(17)33(22)19-10-8-15(24(28,29)30)13-21(19)35(38)39/h1-2,4-5,7-10,12-13,31H,3,6,11H2. The van der Waals surface area contributed by atoms with Crippen molar-refractivity contribution >= 4 is 28.1 Å². The van der Waals surface area contributed by atoms with E-state index in [4.69, 9.17) is 0 Å². The number of alkyl halides is 6. The number of fused-ring (bicyclic) bond motifs is 1. The Hall–Kier alpha value is -4.69. The Morgan fingerprint density at radius 1 is 0.821 bits per heavy atom. The summed E-state index contributed by atoms with van der Waals surface area (Å²) < 4.78 is 79.7. The first-order valence-electron chi connectivity index (χ1n) is 11.2. The lowest BCUT2D eigenvalue weighted by atomic mass is 10.1. The van der Waals surface area contributed by atoms with Crippen LogP contribution >= 0.6 is 0 Å². The van der Waals surface area contributed by atoms with Crippen molar-refractivity contribution in [2.24, 2.45) is 0 Å². The first-order valence-corrected chi connectivity index (χ1v) is 11.2. The van der Waals surface area contributed by atoms with Crippen molar-refractivity contribution in [2.75, 3.05) is 11.9 Å². The number of aromatic nitrogens is 2. The van der Waals surface area contributed by atoms with Gasteiger partial charge in [-0.3, -0.25) is 24.8 Å². The number of nitro benzene ring substituents is 2. The maximum absolute atomic E-state index is 13.2. The van der Waals surface area contributed by atoms with Gasteiger partial charge in [-0.15, -0.1) is 0 Å². The number of para-hydroxylation sites is 2. The number of aryl methyl sites for hydroxylation is 1. The molecule has 0 saturated carbocycles. The molecular formula is C24H17F6N5O4. The molecule has 0 aliphatic carbocycles. The molecule has 1 heterocycles. The number of nitrogens with one attached hydrogen (secondary N) is 1. The zero-order valence-electron chi connectivity index (χ0n) is 19.6. The van der Waals surface area contributed by atoms with Crippen molar-refractivity contribution in [1.82, 2.24) is 9.55 Å². The number of benzene rings is 3. The molecule has 4 rings (SSSR count). The fourth-order valence-corrected chi connectivity index (χ4v) is 4.03. The molecule has 1 aromatic heterocycles. The topological polar surface area (TPSA) is 116 Å². The van der Waals surface area contributed by atoms with E-state index in [1.54, 1.807) is 24.3 Å². The molecule has 1 N–H and O–H groups in total. The van der Waals surface area contributed by atoms with E-state index in [0.717, 1.165) is 18.2 Å². The molecule has 0 aliphatic heterocycles. The summed E-state index contributed by atoms with van der Waals surface area (Å²) in [6.07, 6.45) is -9.22. The Morgan fingerprint density at radius 2 is 1.41 bits per heavy atom. The summed E-state index contributed by atoms with van der Waals surface area (Å²) in [5.74, 6) is 0.266. The number of hydrogen-bond donors (Lipinski definition) is 1. The molecule has 0 spiro atoms. The smallest absolute Gasteiger partial charge is 0.379 e. The molecule has 0 amide bonds. The molecule has 0 atom stereocenters. The number of nitro groups is 2. The van der Waals surface area contributed by atoms with Gasteiger partial charge in [0.2, 0.25) is 0 Å². The van der Waals surface area contributed by atoms with Gasteiger partial charge in [-0.2, -0.15) is 26.3 Å². The van der Waals surface area contributed by atoms with Crippen LogP contribution in [0.4, 0.5) is 43.4 Å². The van der Waals surface area contributed by atoms with Crippen molar-refractivity contribution < 1.29 is 36.2 Å². The summed E-state index contributed by atoms with van der Waals surface area (Å²) in [4.78, 5) is 25.6. The summed E-state index contributed by atoms with van der Waals surface area (Å²) in [6.45, 7) is 0.0461. The summed E-state index contributed by atoms with van der Waals surface area (Å²) in [7, 11) is 0. The third-order valence-corrected chi connectivity index (χ3v) is 5.78. The van der Waals surface area contributed by atoms with E-state index in [0.29, 0.717) is 29.2 Å². The molecule has 0 unspecified atom stereocenters. The lowest BCUT2D eigenvalue weighted by Gasteiger charge is -2.13. The molecule has 0 fully saturated rings. The number of halogens is 6. The third kappa shape index (κ3) is 5.76. The molecule has 0 radical (unpaired) electrons. The van der Waals surface area contributed by atoms with Gasteiger partial charge in [0.05, 0.1) is 32.0 Å². The third-order valence-electron chi connectivity index (χ3n) is 5.78. The average molecular weight is 553 g/mol. The van der Waals surface area contributed by atoms with Crippen molar-refractivity contribution in [1.29, 1.82) is 0 Å². The van der Waals surface area contributed by atoms with Crippen LogP contribution in [0.25, 0.3) is 16.7 Å². The lowest BCUT2D eigenvalue weighted by Crippen LogP contribution is -2.11. The predicted molar refractivity (Wildman–Crippen MR) is 128 cm³/mol. The molecule has 39 heavy (non-hydrogen) atoms. The maximum atomic E-state index is 13.2. The summed E-state index contributed by atoms with van der Waals surface area (Å²) in [6, 6.07) is 10.7. The van der Waals surface area contributed by atoms with Crippen molar-refractivity contribution in [3.63, 3.8) is 0 Å². The first-order chi connectivity index (χ1) is 18.3. The Labute approximate surface area is 215 Å². The second kappa shape index (κ2) is 10.2. The van der Waals surface area contributed by atoms with E-state index >= 15 is 0 Å². The Kier molecular flexibility index (Phi) is 7.17. The number of nitrogens with zero attached hydrogens (tertiary/aromatic N) is 4. The Balaban J connectivity index is 1.63. The van der Waals surface area contributed by atoms with Crippen LogP contribution in [0.3, 0.4) is 0 Å². The van der Waals surface area contributed by atoms with Gasteiger partial charge >= 0.3 is 12.4 Å². The van der Waals surface area contributed by atoms with E-state index in [1.807, 2.05) is 0 Å². The van der Waals surface area contributed by atoms with Gasteiger partial charge in [0.25, 0.3) is 11.4 Å². The van der Waals surface area contributed by atoms with Gasteiger partial charge in [0.1, 0.15) is 17.2 Å². The van der Waals surface area contributed by atoms with E-state index in [9.17, 15) is 46.6 Å². The minimum Gasteiger partial charge on any atom is -0.379 e. The molecule has 9 nitrogen and oxygen atoms in total. The summed E-state index contributed by atoms with van der Waals surface area (Å²) in [5, 5.41) is 25.7. The summed E-state index contributed by atoms with van der Waals surface area (Å²) >= 11 is 0. The van der Waals surface area contributed by atoms with Gasteiger partial charge < -0.3 is 5.32 Å². The van der Waals surface area contributed by atoms with E-state index in [2.05, 4.69) is 10.3 Å². The average Bonchev–Trinajstić information content (AvgIpc) is 3.23. The number of hydrogen-bond acceptors (Lipinski definition) is 6. The molecular weight excluding hydrogens is 536 g/mol. The monoisotopic (exact) mass is 553 g/mol. The Morgan fingerprint density at radius 3 is 2.03 bits per heavy atom. The van der Waals surface area contributed by atoms with Crippen LogP contribution < -0.4 is 5.32 Å².